The van der Waals surface area contributed by atoms with Crippen molar-refractivity contribution in [2.75, 3.05) is 7.05 Å². The molecular weight excluding hydrogens is 284 g/mol. The van der Waals surface area contributed by atoms with E-state index in [1.807, 2.05) is 25.2 Å². The van der Waals surface area contributed by atoms with Crippen molar-refractivity contribution in [2.45, 2.75) is 18.2 Å². The molecular formula is C13H17ClN2O2S. The Morgan fingerprint density at radius 2 is 2.05 bits per heavy atom. The van der Waals surface area contributed by atoms with Gasteiger partial charge < -0.3 is 10.1 Å². The molecule has 1 heterocycles. The molecule has 6 heteroatoms. The SMILES string of the molecule is CN1NC(C)(C(=O)O)C=C1SCc1ccccc1.Cl. The van der Waals surface area contributed by atoms with E-state index in [2.05, 4.69) is 17.6 Å². The Labute approximate surface area is 123 Å². The Hall–Kier alpha value is -1.17. The summed E-state index contributed by atoms with van der Waals surface area (Å²) in [4.78, 5) is 11.1. The van der Waals surface area contributed by atoms with Crippen LogP contribution in [0.1, 0.15) is 12.5 Å². The first-order valence-electron chi connectivity index (χ1n) is 5.66. The van der Waals surface area contributed by atoms with Gasteiger partial charge in [0.25, 0.3) is 0 Å². The van der Waals surface area contributed by atoms with Crippen LogP contribution in [-0.4, -0.2) is 28.7 Å². The molecule has 0 radical (unpaired) electrons. The zero-order valence-corrected chi connectivity index (χ0v) is 12.4. The van der Waals surface area contributed by atoms with Crippen LogP contribution in [0.3, 0.4) is 0 Å². The van der Waals surface area contributed by atoms with Crippen LogP contribution < -0.4 is 5.43 Å². The molecule has 0 spiro atoms. The smallest absolute Gasteiger partial charge is 0.329 e. The van der Waals surface area contributed by atoms with Gasteiger partial charge >= 0.3 is 5.97 Å². The number of carboxylic acids is 1. The van der Waals surface area contributed by atoms with E-state index >= 15 is 0 Å². The van der Waals surface area contributed by atoms with Crippen molar-refractivity contribution in [3.05, 3.63) is 47.0 Å². The molecule has 1 aromatic rings. The first-order valence-corrected chi connectivity index (χ1v) is 6.64. The quantitative estimate of drug-likeness (QED) is 0.895. The van der Waals surface area contributed by atoms with Gasteiger partial charge in [-0.15, -0.1) is 24.2 Å². The molecule has 104 valence electrons. The van der Waals surface area contributed by atoms with E-state index in [4.69, 9.17) is 5.11 Å². The maximum atomic E-state index is 11.1. The fourth-order valence-corrected chi connectivity index (χ4v) is 2.82. The molecule has 1 aliphatic heterocycles. The van der Waals surface area contributed by atoms with Gasteiger partial charge in [-0.2, -0.15) is 0 Å². The van der Waals surface area contributed by atoms with Gasteiger partial charge in [0.1, 0.15) is 0 Å². The molecule has 1 atom stereocenters. The van der Waals surface area contributed by atoms with Crippen LogP contribution in [0, 0.1) is 0 Å². The first-order chi connectivity index (χ1) is 8.51. The summed E-state index contributed by atoms with van der Waals surface area (Å²) in [6.45, 7) is 1.65. The standard InChI is InChI=1S/C13H16N2O2S.ClH/c1-13(12(16)17)8-11(15(2)14-13)18-9-10-6-4-3-5-7-10;/h3-8,14H,9H2,1-2H3,(H,16,17);1H. The average Bonchev–Trinajstić information content (AvgIpc) is 2.64. The molecule has 0 fully saturated rings. The lowest BCUT2D eigenvalue weighted by molar-refractivity contribution is -0.142. The van der Waals surface area contributed by atoms with E-state index in [0.717, 1.165) is 10.8 Å². The Bertz CT molecular complexity index is 481. The lowest BCUT2D eigenvalue weighted by atomic mass is 10.1. The molecule has 0 aromatic heterocycles. The summed E-state index contributed by atoms with van der Waals surface area (Å²) < 4.78 is 0. The third kappa shape index (κ3) is 3.65. The number of carboxylic acid groups (broad SMARTS) is 1. The number of hydrogen-bond acceptors (Lipinski definition) is 4. The summed E-state index contributed by atoms with van der Waals surface area (Å²) in [5.41, 5.74) is 3.15. The maximum absolute atomic E-state index is 11.1. The van der Waals surface area contributed by atoms with E-state index in [-0.39, 0.29) is 12.4 Å². The molecule has 0 amide bonds. The van der Waals surface area contributed by atoms with Gasteiger partial charge in [0.2, 0.25) is 0 Å². The van der Waals surface area contributed by atoms with Crippen LogP contribution in [0.25, 0.3) is 0 Å². The highest BCUT2D eigenvalue weighted by atomic mass is 35.5. The number of rotatable bonds is 4. The number of nitrogens with one attached hydrogen (secondary N) is 1. The molecule has 1 aromatic carbocycles. The fraction of sp³-hybridized carbons (Fsp3) is 0.308. The number of hydrazine groups is 1. The van der Waals surface area contributed by atoms with E-state index in [0.29, 0.717) is 0 Å². The molecule has 2 rings (SSSR count). The fourth-order valence-electron chi connectivity index (χ4n) is 1.76. The first kappa shape index (κ1) is 15.9. The van der Waals surface area contributed by atoms with Gasteiger partial charge in [0.15, 0.2) is 5.54 Å². The molecule has 1 unspecified atom stereocenters. The van der Waals surface area contributed by atoms with Crippen LogP contribution in [-0.2, 0) is 10.5 Å². The zero-order valence-electron chi connectivity index (χ0n) is 10.8. The minimum absolute atomic E-state index is 0. The number of carbonyl (C=O) groups is 1. The highest BCUT2D eigenvalue weighted by molar-refractivity contribution is 8.02. The van der Waals surface area contributed by atoms with Crippen molar-refractivity contribution in [3.63, 3.8) is 0 Å². The van der Waals surface area contributed by atoms with Crippen molar-refractivity contribution in [1.29, 1.82) is 0 Å². The van der Waals surface area contributed by atoms with Gasteiger partial charge in [-0.3, -0.25) is 0 Å². The van der Waals surface area contributed by atoms with Crippen LogP contribution in [0.15, 0.2) is 41.4 Å². The lowest BCUT2D eigenvalue weighted by Crippen LogP contribution is -2.48. The second-order valence-electron chi connectivity index (χ2n) is 4.44. The number of aliphatic carboxylic acids is 1. The molecule has 1 aliphatic rings. The monoisotopic (exact) mass is 300 g/mol. The van der Waals surface area contributed by atoms with Crippen LogP contribution in [0.4, 0.5) is 0 Å². The van der Waals surface area contributed by atoms with Crippen LogP contribution in [0.2, 0.25) is 0 Å². The molecule has 19 heavy (non-hydrogen) atoms. The zero-order chi connectivity index (χ0) is 13.2. The minimum Gasteiger partial charge on any atom is -0.480 e. The summed E-state index contributed by atoms with van der Waals surface area (Å²) in [6, 6.07) is 10.1. The molecule has 4 nitrogen and oxygen atoms in total. The molecule has 0 saturated heterocycles. The van der Waals surface area contributed by atoms with Crippen molar-refractivity contribution >= 4 is 30.1 Å². The summed E-state index contributed by atoms with van der Waals surface area (Å²) >= 11 is 1.63. The largest absolute Gasteiger partial charge is 0.480 e. The van der Waals surface area contributed by atoms with Gasteiger partial charge in [0.05, 0.1) is 5.03 Å². The summed E-state index contributed by atoms with van der Waals surface area (Å²) in [6.07, 6.45) is 1.75. The topological polar surface area (TPSA) is 52.6 Å². The van der Waals surface area contributed by atoms with Crippen molar-refractivity contribution in [1.82, 2.24) is 10.4 Å². The number of thioether (sulfide) groups is 1. The third-order valence-electron chi connectivity index (χ3n) is 2.82. The van der Waals surface area contributed by atoms with E-state index < -0.39 is 11.5 Å². The van der Waals surface area contributed by atoms with Gasteiger partial charge in [-0.25, -0.2) is 10.2 Å². The van der Waals surface area contributed by atoms with E-state index in [9.17, 15) is 4.79 Å². The Morgan fingerprint density at radius 1 is 1.42 bits per heavy atom. The predicted octanol–water partition coefficient (Wildman–Crippen LogP) is 2.48. The molecule has 2 N–H and O–H groups in total. The summed E-state index contributed by atoms with van der Waals surface area (Å²) in [5, 5.41) is 11.8. The highest BCUT2D eigenvalue weighted by Crippen LogP contribution is 2.30. The number of hydrogen-bond donors (Lipinski definition) is 2. The molecule has 0 bridgehead atoms. The number of halogens is 1. The average molecular weight is 301 g/mol. The Balaban J connectivity index is 0.00000180. The Morgan fingerprint density at radius 3 is 2.58 bits per heavy atom. The second-order valence-corrected chi connectivity index (χ2v) is 5.43. The normalized spacial score (nSPS) is 21.8. The molecule has 0 aliphatic carbocycles. The summed E-state index contributed by atoms with van der Waals surface area (Å²) in [5.74, 6) is -0.0429. The van der Waals surface area contributed by atoms with Crippen LogP contribution in [0.5, 0.6) is 0 Å². The molecule has 0 saturated carbocycles. The summed E-state index contributed by atoms with van der Waals surface area (Å²) in [7, 11) is 1.83. The second kappa shape index (κ2) is 6.32. The predicted molar refractivity (Wildman–Crippen MR) is 80.0 cm³/mol. The minimum atomic E-state index is -1.01. The van der Waals surface area contributed by atoms with E-state index in [1.54, 1.807) is 29.8 Å². The van der Waals surface area contributed by atoms with Gasteiger partial charge in [0, 0.05) is 12.8 Å². The van der Waals surface area contributed by atoms with Crippen molar-refractivity contribution < 1.29 is 9.90 Å². The Kier molecular flexibility index (Phi) is 5.29. The number of benzene rings is 1. The van der Waals surface area contributed by atoms with Crippen molar-refractivity contribution in [3.8, 4) is 0 Å². The van der Waals surface area contributed by atoms with Gasteiger partial charge in [-0.1, -0.05) is 30.3 Å². The maximum Gasteiger partial charge on any atom is 0.329 e. The lowest BCUT2D eigenvalue weighted by Gasteiger charge is -2.21. The van der Waals surface area contributed by atoms with Crippen LogP contribution >= 0.6 is 24.2 Å². The highest BCUT2D eigenvalue weighted by Gasteiger charge is 2.38. The van der Waals surface area contributed by atoms with Gasteiger partial charge in [-0.05, 0) is 18.6 Å². The number of nitrogens with zero attached hydrogens (tertiary/aromatic N) is 1. The van der Waals surface area contributed by atoms with Crippen molar-refractivity contribution in [2.24, 2.45) is 0 Å². The van der Waals surface area contributed by atoms with E-state index in [1.165, 1.54) is 5.56 Å². The third-order valence-corrected chi connectivity index (χ3v) is 3.98.